The summed E-state index contributed by atoms with van der Waals surface area (Å²) in [4.78, 5) is 10.8. The van der Waals surface area contributed by atoms with Crippen LogP contribution in [0.4, 0.5) is 0 Å². The molecule has 0 aliphatic heterocycles. The molecule has 1 aliphatic carbocycles. The van der Waals surface area contributed by atoms with Gasteiger partial charge in [-0.2, -0.15) is 0 Å². The lowest BCUT2D eigenvalue weighted by Gasteiger charge is -2.30. The number of carbonyl (C=O) groups is 1. The van der Waals surface area contributed by atoms with E-state index in [1.165, 1.54) is 19.3 Å². The average Bonchev–Trinajstić information content (AvgIpc) is 2.26. The van der Waals surface area contributed by atoms with Gasteiger partial charge in [0.05, 0.1) is 6.61 Å². The van der Waals surface area contributed by atoms with E-state index in [4.69, 9.17) is 16.2 Å². The van der Waals surface area contributed by atoms with Crippen LogP contribution in [0.15, 0.2) is 0 Å². The Balaban J connectivity index is 2.32. The highest BCUT2D eigenvalue weighted by atomic mass is 16.5. The predicted molar refractivity (Wildman–Crippen MR) is 59.1 cm³/mol. The molecule has 0 aromatic rings. The topological polar surface area (TPSA) is 78.3 Å². The van der Waals surface area contributed by atoms with Crippen molar-refractivity contribution in [2.24, 2.45) is 23.3 Å². The zero-order valence-electron chi connectivity index (χ0n) is 9.45. The smallest absolute Gasteiger partial charge is 0.246 e. The van der Waals surface area contributed by atoms with Crippen molar-refractivity contribution in [3.63, 3.8) is 0 Å². The number of nitrogens with two attached hydrogens (primary N) is 2. The maximum atomic E-state index is 10.8. The third-order valence-corrected chi connectivity index (χ3v) is 3.33. The largest absolute Gasteiger partial charge is 0.368 e. The van der Waals surface area contributed by atoms with Gasteiger partial charge >= 0.3 is 0 Å². The summed E-state index contributed by atoms with van der Waals surface area (Å²) in [5, 5.41) is 0. The average molecular weight is 214 g/mol. The van der Waals surface area contributed by atoms with E-state index < -0.39 is 12.0 Å². The first-order valence-corrected chi connectivity index (χ1v) is 5.76. The predicted octanol–water partition coefficient (Wildman–Crippen LogP) is 0.642. The van der Waals surface area contributed by atoms with E-state index in [9.17, 15) is 4.79 Å². The van der Waals surface area contributed by atoms with E-state index in [1.54, 1.807) is 6.92 Å². The first kappa shape index (κ1) is 12.5. The lowest BCUT2D eigenvalue weighted by Crippen LogP contribution is -2.34. The minimum Gasteiger partial charge on any atom is -0.368 e. The molecule has 15 heavy (non-hydrogen) atoms. The third kappa shape index (κ3) is 3.80. The molecule has 4 nitrogen and oxygen atoms in total. The van der Waals surface area contributed by atoms with Crippen LogP contribution in [0.1, 0.15) is 32.6 Å². The van der Waals surface area contributed by atoms with Crippen molar-refractivity contribution in [3.8, 4) is 0 Å². The molecule has 0 aromatic carbocycles. The fourth-order valence-electron chi connectivity index (χ4n) is 2.16. The van der Waals surface area contributed by atoms with Crippen molar-refractivity contribution in [1.82, 2.24) is 0 Å². The Bertz CT molecular complexity index is 209. The van der Waals surface area contributed by atoms with Gasteiger partial charge in [0, 0.05) is 0 Å². The molecule has 88 valence electrons. The molecule has 1 amide bonds. The Kier molecular flexibility index (Phi) is 5.05. The fraction of sp³-hybridized carbons (Fsp3) is 0.909. The van der Waals surface area contributed by atoms with Crippen LogP contribution in [-0.4, -0.2) is 25.2 Å². The Morgan fingerprint density at radius 1 is 1.40 bits per heavy atom. The number of carbonyl (C=O) groups excluding carboxylic acids is 1. The first-order valence-electron chi connectivity index (χ1n) is 5.76. The molecule has 1 aliphatic rings. The van der Waals surface area contributed by atoms with Gasteiger partial charge in [0.2, 0.25) is 5.91 Å². The summed E-state index contributed by atoms with van der Waals surface area (Å²) >= 11 is 0. The second-order valence-corrected chi connectivity index (χ2v) is 4.42. The normalized spacial score (nSPS) is 28.7. The molecule has 0 aromatic heterocycles. The molecular weight excluding hydrogens is 192 g/mol. The molecule has 3 unspecified atom stereocenters. The summed E-state index contributed by atoms with van der Waals surface area (Å²) in [5.74, 6) is 0.666. The maximum absolute atomic E-state index is 10.8. The van der Waals surface area contributed by atoms with Gasteiger partial charge in [0.15, 0.2) is 0 Å². The molecule has 0 heterocycles. The lowest BCUT2D eigenvalue weighted by molar-refractivity contribution is -0.129. The van der Waals surface area contributed by atoms with Gasteiger partial charge in [-0.05, 0) is 38.1 Å². The van der Waals surface area contributed by atoms with Crippen LogP contribution in [0.2, 0.25) is 0 Å². The summed E-state index contributed by atoms with van der Waals surface area (Å²) in [5.41, 5.74) is 10.8. The number of hydrogen-bond acceptors (Lipinski definition) is 3. The van der Waals surface area contributed by atoms with E-state index in [0.29, 0.717) is 18.4 Å². The van der Waals surface area contributed by atoms with Crippen molar-refractivity contribution < 1.29 is 9.53 Å². The van der Waals surface area contributed by atoms with Crippen LogP contribution in [-0.2, 0) is 9.53 Å². The van der Waals surface area contributed by atoms with Crippen molar-refractivity contribution >= 4 is 5.91 Å². The molecule has 1 fully saturated rings. The number of ether oxygens (including phenoxy) is 1. The Labute approximate surface area is 91.3 Å². The highest BCUT2D eigenvalue weighted by Gasteiger charge is 2.25. The molecule has 4 N–H and O–H groups in total. The molecule has 0 saturated heterocycles. The first-order chi connectivity index (χ1) is 7.15. The molecule has 3 atom stereocenters. The minimum absolute atomic E-state index is 0.393. The van der Waals surface area contributed by atoms with Gasteiger partial charge in [-0.15, -0.1) is 0 Å². The van der Waals surface area contributed by atoms with E-state index in [-0.39, 0.29) is 0 Å². The van der Waals surface area contributed by atoms with Crippen molar-refractivity contribution in [1.29, 1.82) is 0 Å². The van der Waals surface area contributed by atoms with Crippen LogP contribution >= 0.6 is 0 Å². The second kappa shape index (κ2) is 6.08. The quantitative estimate of drug-likeness (QED) is 0.705. The monoisotopic (exact) mass is 214 g/mol. The summed E-state index contributed by atoms with van der Waals surface area (Å²) in [6.07, 6.45) is 4.38. The van der Waals surface area contributed by atoms with Gasteiger partial charge < -0.3 is 16.2 Å². The molecule has 1 saturated carbocycles. The zero-order chi connectivity index (χ0) is 11.3. The third-order valence-electron chi connectivity index (χ3n) is 3.33. The van der Waals surface area contributed by atoms with Crippen LogP contribution in [0.5, 0.6) is 0 Å². The van der Waals surface area contributed by atoms with E-state index >= 15 is 0 Å². The number of hydrogen-bond donors (Lipinski definition) is 2. The van der Waals surface area contributed by atoms with Crippen molar-refractivity contribution in [3.05, 3.63) is 0 Å². The Morgan fingerprint density at radius 3 is 2.53 bits per heavy atom. The molecular formula is C11H22N2O2. The van der Waals surface area contributed by atoms with Gasteiger partial charge in [-0.25, -0.2) is 0 Å². The molecule has 0 bridgehead atoms. The van der Waals surface area contributed by atoms with Gasteiger partial charge in [-0.3, -0.25) is 4.79 Å². The Hall–Kier alpha value is -0.610. The van der Waals surface area contributed by atoms with Crippen molar-refractivity contribution in [2.75, 3.05) is 13.2 Å². The van der Waals surface area contributed by atoms with Gasteiger partial charge in [-0.1, -0.05) is 12.8 Å². The fourth-order valence-corrected chi connectivity index (χ4v) is 2.16. The lowest BCUT2D eigenvalue weighted by atomic mass is 9.80. The highest BCUT2D eigenvalue weighted by Crippen LogP contribution is 2.29. The van der Waals surface area contributed by atoms with Crippen LogP contribution in [0.25, 0.3) is 0 Å². The summed E-state index contributed by atoms with van der Waals surface area (Å²) in [7, 11) is 0. The maximum Gasteiger partial charge on any atom is 0.246 e. The van der Waals surface area contributed by atoms with Crippen LogP contribution in [0, 0.1) is 11.8 Å². The standard InChI is InChI=1S/C11H22N2O2/c1-8(11(13)14)15-7-10-5-3-2-4-9(10)6-12/h8-10H,2-7,12H2,1H3,(H2,13,14). The van der Waals surface area contributed by atoms with Gasteiger partial charge in [0.25, 0.3) is 0 Å². The summed E-state index contributed by atoms with van der Waals surface area (Å²) in [6, 6.07) is 0. The number of rotatable bonds is 5. The van der Waals surface area contributed by atoms with E-state index in [2.05, 4.69) is 0 Å². The second-order valence-electron chi connectivity index (χ2n) is 4.42. The van der Waals surface area contributed by atoms with Crippen LogP contribution in [0.3, 0.4) is 0 Å². The van der Waals surface area contributed by atoms with Gasteiger partial charge in [0.1, 0.15) is 6.10 Å². The minimum atomic E-state index is -0.481. The zero-order valence-corrected chi connectivity index (χ0v) is 9.45. The molecule has 0 radical (unpaired) electrons. The number of primary amides is 1. The highest BCUT2D eigenvalue weighted by molar-refractivity contribution is 5.78. The Morgan fingerprint density at radius 2 is 2.00 bits per heavy atom. The summed E-state index contributed by atoms with van der Waals surface area (Å²) in [6.45, 7) is 3.04. The van der Waals surface area contributed by atoms with E-state index in [1.807, 2.05) is 0 Å². The van der Waals surface area contributed by atoms with Crippen LogP contribution < -0.4 is 11.5 Å². The van der Waals surface area contributed by atoms with Crippen molar-refractivity contribution in [2.45, 2.75) is 38.7 Å². The molecule has 1 rings (SSSR count). The molecule has 0 spiro atoms. The van der Waals surface area contributed by atoms with E-state index in [0.717, 1.165) is 13.0 Å². The number of amides is 1. The molecule has 4 heteroatoms. The summed E-state index contributed by atoms with van der Waals surface area (Å²) < 4.78 is 5.44. The SMILES string of the molecule is CC(OCC1CCCCC1CN)C(N)=O.